The molecule has 1 heterocycles. The Morgan fingerprint density at radius 2 is 1.68 bits per heavy atom. The van der Waals surface area contributed by atoms with E-state index in [-0.39, 0.29) is 11.0 Å². The van der Waals surface area contributed by atoms with Crippen molar-refractivity contribution in [2.75, 3.05) is 0 Å². The zero-order chi connectivity index (χ0) is 18.0. The SMILES string of the molecule is O=c1ccn(Cc2cccc(Cl)c2)cc1C(O)c1c(Cl)cccc1Cl. The zero-order valence-corrected chi connectivity index (χ0v) is 15.3. The maximum atomic E-state index is 12.2. The Balaban J connectivity index is 1.98. The minimum absolute atomic E-state index is 0.208. The van der Waals surface area contributed by atoms with Gasteiger partial charge in [-0.3, -0.25) is 4.79 Å². The number of nitrogens with zero attached hydrogens (tertiary/aromatic N) is 1. The minimum Gasteiger partial charge on any atom is -0.383 e. The van der Waals surface area contributed by atoms with Crippen LogP contribution in [0.25, 0.3) is 0 Å². The van der Waals surface area contributed by atoms with Gasteiger partial charge in [-0.1, -0.05) is 53.0 Å². The topological polar surface area (TPSA) is 42.2 Å². The lowest BCUT2D eigenvalue weighted by molar-refractivity contribution is 0.218. The molecular formula is C19H14Cl3NO2. The maximum Gasteiger partial charge on any atom is 0.187 e. The number of halogens is 3. The molecule has 2 aromatic carbocycles. The summed E-state index contributed by atoms with van der Waals surface area (Å²) in [6, 6.07) is 13.8. The predicted octanol–water partition coefficient (Wildman–Crippen LogP) is 4.94. The van der Waals surface area contributed by atoms with E-state index in [1.807, 2.05) is 18.2 Å². The highest BCUT2D eigenvalue weighted by Crippen LogP contribution is 2.32. The smallest absolute Gasteiger partial charge is 0.187 e. The molecule has 128 valence electrons. The third-order valence-corrected chi connectivity index (χ3v) is 4.72. The summed E-state index contributed by atoms with van der Waals surface area (Å²) < 4.78 is 1.80. The summed E-state index contributed by atoms with van der Waals surface area (Å²) in [4.78, 5) is 12.2. The van der Waals surface area contributed by atoms with Gasteiger partial charge < -0.3 is 9.67 Å². The minimum atomic E-state index is -1.21. The van der Waals surface area contributed by atoms with Crippen molar-refractivity contribution in [1.82, 2.24) is 4.57 Å². The van der Waals surface area contributed by atoms with Crippen LogP contribution >= 0.6 is 34.8 Å². The first kappa shape index (κ1) is 18.0. The quantitative estimate of drug-likeness (QED) is 0.681. The van der Waals surface area contributed by atoms with Gasteiger partial charge in [0.05, 0.1) is 0 Å². The van der Waals surface area contributed by atoms with E-state index >= 15 is 0 Å². The fourth-order valence-corrected chi connectivity index (χ4v) is 3.44. The summed E-state index contributed by atoms with van der Waals surface area (Å²) in [5.41, 5.74) is 1.22. The molecule has 0 saturated heterocycles. The molecule has 0 fully saturated rings. The fourth-order valence-electron chi connectivity index (χ4n) is 2.62. The van der Waals surface area contributed by atoms with E-state index in [0.717, 1.165) is 5.56 Å². The molecule has 1 N–H and O–H groups in total. The second kappa shape index (κ2) is 7.63. The molecule has 1 atom stereocenters. The van der Waals surface area contributed by atoms with Gasteiger partial charge in [0.1, 0.15) is 6.10 Å². The molecule has 0 aliphatic rings. The number of aliphatic hydroxyl groups is 1. The molecule has 0 amide bonds. The van der Waals surface area contributed by atoms with E-state index in [1.54, 1.807) is 41.2 Å². The molecule has 0 bridgehead atoms. The first-order valence-corrected chi connectivity index (χ1v) is 8.65. The lowest BCUT2D eigenvalue weighted by Gasteiger charge is -2.16. The van der Waals surface area contributed by atoms with Gasteiger partial charge >= 0.3 is 0 Å². The molecule has 0 radical (unpaired) electrons. The third kappa shape index (κ3) is 4.07. The number of pyridine rings is 1. The molecule has 0 saturated carbocycles. The molecule has 25 heavy (non-hydrogen) atoms. The summed E-state index contributed by atoms with van der Waals surface area (Å²) in [6.45, 7) is 0.511. The Hall–Kier alpha value is -1.78. The van der Waals surface area contributed by atoms with Crippen LogP contribution in [0.3, 0.4) is 0 Å². The number of rotatable bonds is 4. The summed E-state index contributed by atoms with van der Waals surface area (Å²) in [5, 5.41) is 11.9. The maximum absolute atomic E-state index is 12.2. The van der Waals surface area contributed by atoms with Crippen LogP contribution in [0.2, 0.25) is 15.1 Å². The van der Waals surface area contributed by atoms with E-state index in [2.05, 4.69) is 0 Å². The van der Waals surface area contributed by atoms with Crippen molar-refractivity contribution >= 4 is 34.8 Å². The molecule has 3 aromatic rings. The van der Waals surface area contributed by atoms with Crippen LogP contribution in [0.5, 0.6) is 0 Å². The monoisotopic (exact) mass is 393 g/mol. The highest BCUT2D eigenvalue weighted by atomic mass is 35.5. The van der Waals surface area contributed by atoms with Crippen LogP contribution in [-0.4, -0.2) is 9.67 Å². The van der Waals surface area contributed by atoms with Crippen LogP contribution < -0.4 is 5.43 Å². The average Bonchev–Trinajstić information content (AvgIpc) is 2.56. The van der Waals surface area contributed by atoms with E-state index in [9.17, 15) is 9.90 Å². The summed E-state index contributed by atoms with van der Waals surface area (Å²) >= 11 is 18.3. The predicted molar refractivity (Wildman–Crippen MR) is 102 cm³/mol. The molecule has 1 aromatic heterocycles. The van der Waals surface area contributed by atoms with Crippen LogP contribution in [0.1, 0.15) is 22.8 Å². The van der Waals surface area contributed by atoms with Crippen molar-refractivity contribution < 1.29 is 5.11 Å². The molecular weight excluding hydrogens is 381 g/mol. The summed E-state index contributed by atoms with van der Waals surface area (Å²) in [7, 11) is 0. The van der Waals surface area contributed by atoms with Crippen LogP contribution in [0.15, 0.2) is 65.7 Å². The van der Waals surface area contributed by atoms with Gasteiger partial charge in [0.25, 0.3) is 0 Å². The third-order valence-electron chi connectivity index (χ3n) is 3.83. The number of hydrogen-bond donors (Lipinski definition) is 1. The van der Waals surface area contributed by atoms with E-state index in [0.29, 0.717) is 27.2 Å². The first-order valence-electron chi connectivity index (χ1n) is 7.52. The Morgan fingerprint density at radius 3 is 2.36 bits per heavy atom. The van der Waals surface area contributed by atoms with E-state index in [4.69, 9.17) is 34.8 Å². The zero-order valence-electron chi connectivity index (χ0n) is 13.0. The standard InChI is InChI=1S/C19H14Cl3NO2/c20-13-4-1-3-12(9-13)10-23-8-7-17(24)14(11-23)19(25)18-15(21)5-2-6-16(18)22/h1-9,11,19,25H,10H2. The van der Waals surface area contributed by atoms with Gasteiger partial charge in [-0.05, 0) is 29.8 Å². The highest BCUT2D eigenvalue weighted by Gasteiger charge is 2.20. The average molecular weight is 395 g/mol. The highest BCUT2D eigenvalue weighted by molar-refractivity contribution is 6.36. The second-order valence-electron chi connectivity index (χ2n) is 5.60. The molecule has 0 spiro atoms. The lowest BCUT2D eigenvalue weighted by Crippen LogP contribution is -2.17. The van der Waals surface area contributed by atoms with Crippen LogP contribution in [0, 0.1) is 0 Å². The van der Waals surface area contributed by atoms with Crippen molar-refractivity contribution in [3.05, 3.63) is 103 Å². The Bertz CT molecular complexity index is 949. The van der Waals surface area contributed by atoms with Gasteiger partial charge in [0.2, 0.25) is 0 Å². The summed E-state index contributed by atoms with van der Waals surface area (Å²) in [6.07, 6.45) is 2.06. The number of aromatic nitrogens is 1. The number of benzene rings is 2. The van der Waals surface area contributed by atoms with Crippen LogP contribution in [-0.2, 0) is 6.54 Å². The molecule has 6 heteroatoms. The van der Waals surface area contributed by atoms with Gasteiger partial charge in [-0.25, -0.2) is 0 Å². The number of aliphatic hydroxyl groups excluding tert-OH is 1. The Kier molecular flexibility index (Phi) is 5.50. The molecule has 1 unspecified atom stereocenters. The fraction of sp³-hybridized carbons (Fsp3) is 0.105. The lowest BCUT2D eigenvalue weighted by atomic mass is 10.0. The van der Waals surface area contributed by atoms with Crippen molar-refractivity contribution in [3.8, 4) is 0 Å². The molecule has 0 aliphatic carbocycles. The molecule has 0 aliphatic heterocycles. The van der Waals surface area contributed by atoms with Gasteiger partial charge in [-0.15, -0.1) is 0 Å². The van der Waals surface area contributed by atoms with Gasteiger partial charge in [-0.2, -0.15) is 0 Å². The normalized spacial score (nSPS) is 12.2. The molecule has 3 nitrogen and oxygen atoms in total. The first-order chi connectivity index (χ1) is 12.0. The molecule has 3 rings (SSSR count). The Morgan fingerprint density at radius 1 is 1.00 bits per heavy atom. The number of hydrogen-bond acceptors (Lipinski definition) is 2. The van der Waals surface area contributed by atoms with E-state index < -0.39 is 6.10 Å². The summed E-state index contributed by atoms with van der Waals surface area (Å²) in [5.74, 6) is 0. The Labute approximate surface area is 160 Å². The van der Waals surface area contributed by atoms with Crippen LogP contribution in [0.4, 0.5) is 0 Å². The largest absolute Gasteiger partial charge is 0.383 e. The van der Waals surface area contributed by atoms with Crippen molar-refractivity contribution in [1.29, 1.82) is 0 Å². The van der Waals surface area contributed by atoms with Crippen molar-refractivity contribution in [3.63, 3.8) is 0 Å². The van der Waals surface area contributed by atoms with Crippen molar-refractivity contribution in [2.24, 2.45) is 0 Å². The van der Waals surface area contributed by atoms with Gasteiger partial charge in [0.15, 0.2) is 5.43 Å². The van der Waals surface area contributed by atoms with Gasteiger partial charge in [0, 0.05) is 51.2 Å². The second-order valence-corrected chi connectivity index (χ2v) is 6.86. The van der Waals surface area contributed by atoms with Crippen molar-refractivity contribution in [2.45, 2.75) is 12.6 Å². The van der Waals surface area contributed by atoms with E-state index in [1.165, 1.54) is 6.07 Å².